The van der Waals surface area contributed by atoms with Crippen molar-refractivity contribution in [3.05, 3.63) is 88.2 Å². The highest BCUT2D eigenvalue weighted by atomic mass is 35.5. The van der Waals surface area contributed by atoms with Crippen LogP contribution in [0.3, 0.4) is 0 Å². The number of benzene rings is 3. The second kappa shape index (κ2) is 13.6. The standard InChI is InChI=1S/C31H33ClFN3O3/c1-21(37)36-14-12-25(13-15-36)35-20-27(22-6-4-3-5-7-22)23-8-10-28(32)26(18-23)30-24(19-34)9-11-29(31(30)33)39-17-16-38-2/h3-11,18,25,27,35H,12-17,20H2,1-2H3. The van der Waals surface area contributed by atoms with Crippen LogP contribution in [-0.2, 0) is 9.53 Å². The normalized spacial score (nSPS) is 14.6. The SMILES string of the molecule is COCCOc1ccc(C#N)c(-c2cc(C(CNC3CCN(C(C)=O)CC3)c3ccccc3)ccc2Cl)c1F. The second-order valence-electron chi connectivity index (χ2n) is 9.64. The highest BCUT2D eigenvalue weighted by Gasteiger charge is 2.24. The van der Waals surface area contributed by atoms with E-state index >= 15 is 4.39 Å². The average Bonchev–Trinajstić information content (AvgIpc) is 2.95. The molecule has 6 nitrogen and oxygen atoms in total. The van der Waals surface area contributed by atoms with E-state index in [9.17, 15) is 10.1 Å². The van der Waals surface area contributed by atoms with Crippen LogP contribution in [0.1, 0.15) is 42.4 Å². The van der Waals surface area contributed by atoms with Crippen LogP contribution in [-0.4, -0.2) is 56.8 Å². The number of methoxy groups -OCH3 is 1. The quantitative estimate of drug-likeness (QED) is 0.325. The van der Waals surface area contributed by atoms with Crippen molar-refractivity contribution in [2.45, 2.75) is 31.7 Å². The maximum absolute atomic E-state index is 15.7. The number of hydrogen-bond acceptors (Lipinski definition) is 5. The van der Waals surface area contributed by atoms with Gasteiger partial charge in [-0.05, 0) is 48.2 Å². The summed E-state index contributed by atoms with van der Waals surface area (Å²) in [4.78, 5) is 13.6. The van der Waals surface area contributed by atoms with E-state index < -0.39 is 5.82 Å². The fourth-order valence-electron chi connectivity index (χ4n) is 5.01. The molecule has 1 aliphatic rings. The lowest BCUT2D eigenvalue weighted by molar-refractivity contribution is -0.129. The molecule has 0 spiro atoms. The predicted molar refractivity (Wildman–Crippen MR) is 150 cm³/mol. The third-order valence-electron chi connectivity index (χ3n) is 7.19. The van der Waals surface area contributed by atoms with Crippen LogP contribution in [0, 0.1) is 17.1 Å². The first kappa shape index (κ1) is 28.6. The minimum absolute atomic E-state index is 0.0391. The molecule has 3 aromatic rings. The molecule has 1 atom stereocenters. The molecule has 0 aromatic heterocycles. The Bertz CT molecular complexity index is 1320. The van der Waals surface area contributed by atoms with Crippen molar-refractivity contribution in [1.82, 2.24) is 10.2 Å². The number of rotatable bonds is 10. The Balaban J connectivity index is 1.66. The van der Waals surface area contributed by atoms with Crippen LogP contribution in [0.2, 0.25) is 5.02 Å². The molecule has 3 aromatic carbocycles. The summed E-state index contributed by atoms with van der Waals surface area (Å²) in [6, 6.07) is 21.1. The van der Waals surface area contributed by atoms with Gasteiger partial charge in [0.2, 0.25) is 5.91 Å². The van der Waals surface area contributed by atoms with E-state index in [4.69, 9.17) is 21.1 Å². The zero-order chi connectivity index (χ0) is 27.8. The Kier molecular flexibility index (Phi) is 9.94. The summed E-state index contributed by atoms with van der Waals surface area (Å²) >= 11 is 6.61. The monoisotopic (exact) mass is 549 g/mol. The van der Waals surface area contributed by atoms with Gasteiger partial charge in [0, 0.05) is 61.8 Å². The van der Waals surface area contributed by atoms with Crippen LogP contribution in [0.15, 0.2) is 60.7 Å². The molecule has 1 saturated heterocycles. The lowest BCUT2D eigenvalue weighted by Gasteiger charge is -2.33. The van der Waals surface area contributed by atoms with Crippen molar-refractivity contribution in [3.63, 3.8) is 0 Å². The Labute approximate surface area is 234 Å². The predicted octanol–water partition coefficient (Wildman–Crippen LogP) is 5.78. The number of nitrogens with zero attached hydrogens (tertiary/aromatic N) is 2. The molecule has 1 amide bonds. The fourth-order valence-corrected chi connectivity index (χ4v) is 5.22. The first-order valence-corrected chi connectivity index (χ1v) is 13.5. The van der Waals surface area contributed by atoms with Crippen molar-refractivity contribution in [2.75, 3.05) is 40.0 Å². The maximum Gasteiger partial charge on any atom is 0.219 e. The summed E-state index contributed by atoms with van der Waals surface area (Å²) in [6.07, 6.45) is 1.78. The smallest absolute Gasteiger partial charge is 0.219 e. The van der Waals surface area contributed by atoms with E-state index in [-0.39, 0.29) is 35.3 Å². The third-order valence-corrected chi connectivity index (χ3v) is 7.52. The second-order valence-corrected chi connectivity index (χ2v) is 10.1. The van der Waals surface area contributed by atoms with E-state index in [1.807, 2.05) is 35.2 Å². The van der Waals surface area contributed by atoms with Gasteiger partial charge < -0.3 is 19.7 Å². The fraction of sp³-hybridized carbons (Fsp3) is 0.355. The highest BCUT2D eigenvalue weighted by molar-refractivity contribution is 6.33. The minimum atomic E-state index is -0.629. The third kappa shape index (κ3) is 6.96. The Hall–Kier alpha value is -3.44. The molecule has 1 N–H and O–H groups in total. The molecule has 1 unspecified atom stereocenters. The highest BCUT2D eigenvalue weighted by Crippen LogP contribution is 2.39. The zero-order valence-corrected chi connectivity index (χ0v) is 23.0. The summed E-state index contributed by atoms with van der Waals surface area (Å²) < 4.78 is 26.3. The molecular formula is C31H33ClFN3O3. The van der Waals surface area contributed by atoms with Gasteiger partial charge in [-0.3, -0.25) is 4.79 Å². The molecular weight excluding hydrogens is 517 g/mol. The van der Waals surface area contributed by atoms with Crippen LogP contribution in [0.25, 0.3) is 11.1 Å². The number of carbonyl (C=O) groups is 1. The molecule has 4 rings (SSSR count). The van der Waals surface area contributed by atoms with Crippen molar-refractivity contribution < 1.29 is 18.7 Å². The maximum atomic E-state index is 15.7. The van der Waals surface area contributed by atoms with E-state index in [1.165, 1.54) is 6.07 Å². The lowest BCUT2D eigenvalue weighted by atomic mass is 9.88. The van der Waals surface area contributed by atoms with Gasteiger partial charge in [-0.25, -0.2) is 4.39 Å². The number of amides is 1. The van der Waals surface area contributed by atoms with Gasteiger partial charge in [0.25, 0.3) is 0 Å². The van der Waals surface area contributed by atoms with Crippen LogP contribution in [0.5, 0.6) is 5.75 Å². The number of piperidine rings is 1. The van der Waals surface area contributed by atoms with Gasteiger partial charge in [0.1, 0.15) is 6.61 Å². The van der Waals surface area contributed by atoms with Gasteiger partial charge in [-0.15, -0.1) is 0 Å². The summed E-state index contributed by atoms with van der Waals surface area (Å²) in [5.74, 6) is -0.513. The van der Waals surface area contributed by atoms with Crippen molar-refractivity contribution in [1.29, 1.82) is 5.26 Å². The van der Waals surface area contributed by atoms with Crippen molar-refractivity contribution in [2.24, 2.45) is 0 Å². The molecule has 1 heterocycles. The van der Waals surface area contributed by atoms with Crippen LogP contribution < -0.4 is 10.1 Å². The Morgan fingerprint density at radius 3 is 2.54 bits per heavy atom. The molecule has 204 valence electrons. The van der Waals surface area contributed by atoms with Gasteiger partial charge in [-0.1, -0.05) is 48.0 Å². The van der Waals surface area contributed by atoms with Crippen LogP contribution in [0.4, 0.5) is 4.39 Å². The molecule has 0 saturated carbocycles. The summed E-state index contributed by atoms with van der Waals surface area (Å²) in [5.41, 5.74) is 2.80. The van der Waals surface area contributed by atoms with Crippen LogP contribution >= 0.6 is 11.6 Å². The van der Waals surface area contributed by atoms with Gasteiger partial charge >= 0.3 is 0 Å². The Morgan fingerprint density at radius 2 is 1.87 bits per heavy atom. The molecule has 0 aliphatic carbocycles. The average molecular weight is 550 g/mol. The molecule has 39 heavy (non-hydrogen) atoms. The van der Waals surface area contributed by atoms with E-state index in [2.05, 4.69) is 23.5 Å². The number of ether oxygens (including phenoxy) is 2. The van der Waals surface area contributed by atoms with E-state index in [1.54, 1.807) is 26.2 Å². The molecule has 1 fully saturated rings. The first-order valence-electron chi connectivity index (χ1n) is 13.1. The van der Waals surface area contributed by atoms with Crippen molar-refractivity contribution >= 4 is 17.5 Å². The molecule has 1 aliphatic heterocycles. The number of halogens is 2. The first-order chi connectivity index (χ1) is 18.9. The zero-order valence-electron chi connectivity index (χ0n) is 22.3. The molecule has 8 heteroatoms. The minimum Gasteiger partial charge on any atom is -0.488 e. The number of likely N-dealkylation sites (tertiary alicyclic amines) is 1. The number of nitrogens with one attached hydrogen (secondary N) is 1. The summed E-state index contributed by atoms with van der Waals surface area (Å²) in [6.45, 7) is 4.24. The largest absolute Gasteiger partial charge is 0.488 e. The van der Waals surface area contributed by atoms with Gasteiger partial charge in [0.05, 0.1) is 18.2 Å². The Morgan fingerprint density at radius 1 is 1.13 bits per heavy atom. The number of carbonyl (C=O) groups excluding carboxylic acids is 1. The summed E-state index contributed by atoms with van der Waals surface area (Å²) in [7, 11) is 1.54. The lowest BCUT2D eigenvalue weighted by Crippen LogP contribution is -2.45. The topological polar surface area (TPSA) is 74.6 Å². The van der Waals surface area contributed by atoms with E-state index in [0.29, 0.717) is 29.8 Å². The van der Waals surface area contributed by atoms with Crippen molar-refractivity contribution in [3.8, 4) is 22.9 Å². The van der Waals surface area contributed by atoms with Gasteiger partial charge in [0.15, 0.2) is 11.6 Å². The van der Waals surface area contributed by atoms with Gasteiger partial charge in [-0.2, -0.15) is 5.26 Å². The number of nitriles is 1. The molecule has 0 bridgehead atoms. The molecule has 0 radical (unpaired) electrons. The van der Waals surface area contributed by atoms with E-state index in [0.717, 1.165) is 37.1 Å². The number of hydrogen-bond donors (Lipinski definition) is 1. The summed E-state index contributed by atoms with van der Waals surface area (Å²) in [5, 5.41) is 13.8.